The molecule has 0 radical (unpaired) electrons. The van der Waals surface area contributed by atoms with Gasteiger partial charge in [0.15, 0.2) is 5.65 Å². The minimum atomic E-state index is 0.364. The normalized spacial score (nSPS) is 19.2. The van der Waals surface area contributed by atoms with Crippen molar-refractivity contribution in [2.45, 2.75) is 38.6 Å². The lowest BCUT2D eigenvalue weighted by atomic mass is 10.2. The van der Waals surface area contributed by atoms with Gasteiger partial charge in [0.1, 0.15) is 11.3 Å². The molecule has 0 aromatic carbocycles. The standard InChI is InChI=1S/C14H21ClN4O/c1-3-4-11-13-14(18(2)17-11)19(10-6-8-20-9-10)12(16-13)5-7-15/h10H,3-9H2,1-2H3. The lowest BCUT2D eigenvalue weighted by Gasteiger charge is -2.14. The molecule has 3 rings (SSSR count). The number of alkyl halides is 1. The van der Waals surface area contributed by atoms with E-state index >= 15 is 0 Å². The molecule has 0 bridgehead atoms. The molecular weight excluding hydrogens is 276 g/mol. The van der Waals surface area contributed by atoms with Gasteiger partial charge in [0.25, 0.3) is 0 Å². The first-order chi connectivity index (χ1) is 9.76. The average molecular weight is 297 g/mol. The van der Waals surface area contributed by atoms with Crippen LogP contribution in [0.3, 0.4) is 0 Å². The fraction of sp³-hybridized carbons (Fsp3) is 0.714. The smallest absolute Gasteiger partial charge is 0.159 e. The molecule has 1 atom stereocenters. The Morgan fingerprint density at radius 2 is 2.25 bits per heavy atom. The Balaban J connectivity index is 2.15. The van der Waals surface area contributed by atoms with Gasteiger partial charge in [-0.1, -0.05) is 13.3 Å². The fourth-order valence-corrected chi connectivity index (χ4v) is 3.19. The quantitative estimate of drug-likeness (QED) is 0.796. The van der Waals surface area contributed by atoms with Crippen LogP contribution in [0.1, 0.15) is 37.3 Å². The third-order valence-corrected chi connectivity index (χ3v) is 4.07. The molecule has 1 aliphatic heterocycles. The van der Waals surface area contributed by atoms with Crippen LogP contribution in [0.25, 0.3) is 11.2 Å². The third-order valence-electron chi connectivity index (χ3n) is 3.89. The van der Waals surface area contributed by atoms with Crippen molar-refractivity contribution in [1.29, 1.82) is 0 Å². The summed E-state index contributed by atoms with van der Waals surface area (Å²) in [6, 6.07) is 0.364. The second-order valence-corrected chi connectivity index (χ2v) is 5.72. The van der Waals surface area contributed by atoms with Gasteiger partial charge < -0.3 is 9.30 Å². The van der Waals surface area contributed by atoms with E-state index in [1.165, 1.54) is 0 Å². The van der Waals surface area contributed by atoms with Gasteiger partial charge in [-0.15, -0.1) is 11.6 Å². The van der Waals surface area contributed by atoms with Crippen molar-refractivity contribution >= 4 is 22.8 Å². The van der Waals surface area contributed by atoms with Crippen molar-refractivity contribution in [3.05, 3.63) is 11.5 Å². The summed E-state index contributed by atoms with van der Waals surface area (Å²) in [5, 5.41) is 4.63. The second kappa shape index (κ2) is 5.74. The summed E-state index contributed by atoms with van der Waals surface area (Å²) in [6.07, 6.45) is 3.87. The Kier molecular flexibility index (Phi) is 3.98. The van der Waals surface area contributed by atoms with Crippen molar-refractivity contribution in [2.24, 2.45) is 7.05 Å². The highest BCUT2D eigenvalue weighted by Gasteiger charge is 2.26. The average Bonchev–Trinajstić information content (AvgIpc) is 3.09. The molecule has 2 aromatic rings. The van der Waals surface area contributed by atoms with Gasteiger partial charge in [-0.05, 0) is 12.8 Å². The first-order valence-corrected chi connectivity index (χ1v) is 7.86. The van der Waals surface area contributed by atoms with Gasteiger partial charge in [0.2, 0.25) is 0 Å². The van der Waals surface area contributed by atoms with E-state index in [1.54, 1.807) is 0 Å². The van der Waals surface area contributed by atoms with Gasteiger partial charge in [-0.3, -0.25) is 4.68 Å². The number of aromatic nitrogens is 4. The Hall–Kier alpha value is -1.07. The molecule has 1 unspecified atom stereocenters. The summed E-state index contributed by atoms with van der Waals surface area (Å²) in [5.74, 6) is 1.66. The maximum absolute atomic E-state index is 5.94. The predicted octanol–water partition coefficient (Wildman–Crippen LogP) is 2.47. The van der Waals surface area contributed by atoms with Crippen LogP contribution >= 0.6 is 11.6 Å². The van der Waals surface area contributed by atoms with E-state index in [0.29, 0.717) is 11.9 Å². The first kappa shape index (κ1) is 13.9. The third kappa shape index (κ3) is 2.23. The molecule has 0 amide bonds. The van der Waals surface area contributed by atoms with Gasteiger partial charge in [-0.2, -0.15) is 5.10 Å². The number of nitrogens with zero attached hydrogens (tertiary/aromatic N) is 4. The van der Waals surface area contributed by atoms with Crippen LogP contribution in [-0.4, -0.2) is 38.4 Å². The summed E-state index contributed by atoms with van der Waals surface area (Å²) < 4.78 is 9.81. The van der Waals surface area contributed by atoms with Gasteiger partial charge in [-0.25, -0.2) is 4.98 Å². The highest BCUT2D eigenvalue weighted by Crippen LogP contribution is 2.29. The van der Waals surface area contributed by atoms with Crippen molar-refractivity contribution in [3.8, 4) is 0 Å². The van der Waals surface area contributed by atoms with Crippen molar-refractivity contribution in [2.75, 3.05) is 19.1 Å². The molecule has 0 aliphatic carbocycles. The maximum atomic E-state index is 5.94. The number of hydrogen-bond acceptors (Lipinski definition) is 3. The van der Waals surface area contributed by atoms with Gasteiger partial charge in [0, 0.05) is 26.0 Å². The predicted molar refractivity (Wildman–Crippen MR) is 79.4 cm³/mol. The second-order valence-electron chi connectivity index (χ2n) is 5.35. The fourth-order valence-electron chi connectivity index (χ4n) is 3.02. The maximum Gasteiger partial charge on any atom is 0.159 e. The zero-order chi connectivity index (χ0) is 14.1. The molecule has 20 heavy (non-hydrogen) atoms. The number of imidazole rings is 1. The Morgan fingerprint density at radius 1 is 1.40 bits per heavy atom. The van der Waals surface area contributed by atoms with Gasteiger partial charge in [0.05, 0.1) is 18.3 Å². The van der Waals surface area contributed by atoms with Crippen LogP contribution in [0.4, 0.5) is 0 Å². The van der Waals surface area contributed by atoms with Crippen LogP contribution in [-0.2, 0) is 24.6 Å². The highest BCUT2D eigenvalue weighted by atomic mass is 35.5. The van der Waals surface area contributed by atoms with Crippen LogP contribution in [0.5, 0.6) is 0 Å². The number of halogens is 1. The monoisotopic (exact) mass is 296 g/mol. The molecule has 1 fully saturated rings. The van der Waals surface area contributed by atoms with E-state index in [-0.39, 0.29) is 0 Å². The topological polar surface area (TPSA) is 44.9 Å². The number of aryl methyl sites for hydroxylation is 3. The summed E-state index contributed by atoms with van der Waals surface area (Å²) in [4.78, 5) is 4.83. The van der Waals surface area contributed by atoms with Crippen LogP contribution in [0.2, 0.25) is 0 Å². The molecule has 1 saturated heterocycles. The molecule has 3 heterocycles. The zero-order valence-electron chi connectivity index (χ0n) is 12.1. The lowest BCUT2D eigenvalue weighted by molar-refractivity contribution is 0.186. The minimum absolute atomic E-state index is 0.364. The minimum Gasteiger partial charge on any atom is -0.379 e. The summed E-state index contributed by atoms with van der Waals surface area (Å²) in [5.41, 5.74) is 3.25. The van der Waals surface area contributed by atoms with Crippen molar-refractivity contribution in [3.63, 3.8) is 0 Å². The van der Waals surface area contributed by atoms with E-state index in [0.717, 1.165) is 61.6 Å². The number of hydrogen-bond donors (Lipinski definition) is 0. The molecular formula is C14H21ClN4O. The van der Waals surface area contributed by atoms with E-state index < -0.39 is 0 Å². The summed E-state index contributed by atoms with van der Waals surface area (Å²) in [7, 11) is 2.00. The van der Waals surface area contributed by atoms with Crippen LogP contribution < -0.4 is 0 Å². The molecule has 0 saturated carbocycles. The Labute approximate surface area is 123 Å². The molecule has 0 N–H and O–H groups in total. The zero-order valence-corrected chi connectivity index (χ0v) is 12.9. The van der Waals surface area contributed by atoms with Crippen molar-refractivity contribution < 1.29 is 4.74 Å². The van der Waals surface area contributed by atoms with Gasteiger partial charge >= 0.3 is 0 Å². The molecule has 2 aromatic heterocycles. The first-order valence-electron chi connectivity index (χ1n) is 7.32. The van der Waals surface area contributed by atoms with Crippen molar-refractivity contribution in [1.82, 2.24) is 19.3 Å². The lowest BCUT2D eigenvalue weighted by Crippen LogP contribution is -2.15. The largest absolute Gasteiger partial charge is 0.379 e. The molecule has 5 nitrogen and oxygen atoms in total. The molecule has 6 heteroatoms. The number of fused-ring (bicyclic) bond motifs is 1. The Bertz CT molecular complexity index is 598. The number of rotatable bonds is 5. The Morgan fingerprint density at radius 3 is 2.90 bits per heavy atom. The molecule has 110 valence electrons. The summed E-state index contributed by atoms with van der Waals surface area (Å²) in [6.45, 7) is 3.75. The highest BCUT2D eigenvalue weighted by molar-refractivity contribution is 6.17. The van der Waals surface area contributed by atoms with E-state index in [4.69, 9.17) is 21.3 Å². The molecule has 1 aliphatic rings. The van der Waals surface area contributed by atoms with E-state index in [9.17, 15) is 0 Å². The molecule has 0 spiro atoms. The summed E-state index contributed by atoms with van der Waals surface area (Å²) >= 11 is 5.94. The van der Waals surface area contributed by atoms with Crippen LogP contribution in [0.15, 0.2) is 0 Å². The van der Waals surface area contributed by atoms with Crippen LogP contribution in [0, 0.1) is 0 Å². The van der Waals surface area contributed by atoms with E-state index in [2.05, 4.69) is 16.6 Å². The van der Waals surface area contributed by atoms with E-state index in [1.807, 2.05) is 11.7 Å². The number of ether oxygens (including phenoxy) is 1. The SMILES string of the molecule is CCCc1nn(C)c2c1nc(CCCl)n2C1CCOC1.